The zero-order chi connectivity index (χ0) is 18.6. The molecule has 0 spiro atoms. The van der Waals surface area contributed by atoms with Gasteiger partial charge in [-0.3, -0.25) is 4.79 Å². The molecule has 27 heavy (non-hydrogen) atoms. The van der Waals surface area contributed by atoms with Crippen molar-refractivity contribution in [3.63, 3.8) is 0 Å². The number of hydrogen-bond donors (Lipinski definition) is 1. The molecule has 1 atom stereocenters. The van der Waals surface area contributed by atoms with E-state index >= 15 is 0 Å². The molecule has 1 amide bonds. The summed E-state index contributed by atoms with van der Waals surface area (Å²) in [5, 5.41) is 3.84. The second-order valence-electron chi connectivity index (χ2n) is 6.68. The number of amides is 1. The first-order valence-electron chi connectivity index (χ1n) is 9.02. The van der Waals surface area contributed by atoms with E-state index in [1.54, 1.807) is 6.20 Å². The van der Waals surface area contributed by atoms with E-state index in [9.17, 15) is 4.79 Å². The summed E-state index contributed by atoms with van der Waals surface area (Å²) in [5.74, 6) is 0.917. The average Bonchev–Trinajstić information content (AvgIpc) is 3.17. The van der Waals surface area contributed by atoms with Crippen LogP contribution in [0.25, 0.3) is 11.1 Å². The number of hydrogen-bond acceptors (Lipinski definition) is 3. The number of pyridine rings is 1. The summed E-state index contributed by atoms with van der Waals surface area (Å²) in [6.07, 6.45) is 2.71. The molecule has 0 aliphatic carbocycles. The van der Waals surface area contributed by atoms with Crippen molar-refractivity contribution in [2.24, 2.45) is 0 Å². The van der Waals surface area contributed by atoms with Crippen LogP contribution in [0.5, 0.6) is 0 Å². The number of carbonyl (C=O) groups excluding carboxylic acids is 1. The van der Waals surface area contributed by atoms with Gasteiger partial charge in [0.05, 0.1) is 0 Å². The zero-order valence-electron chi connectivity index (χ0n) is 14.8. The molecule has 0 saturated carbocycles. The van der Waals surface area contributed by atoms with Gasteiger partial charge in [0.1, 0.15) is 5.82 Å². The molecule has 4 nitrogen and oxygen atoms in total. The van der Waals surface area contributed by atoms with Crippen LogP contribution in [0, 0.1) is 0 Å². The quantitative estimate of drug-likeness (QED) is 0.732. The predicted molar refractivity (Wildman–Crippen MR) is 109 cm³/mol. The minimum atomic E-state index is -0.0412. The van der Waals surface area contributed by atoms with Gasteiger partial charge in [0.15, 0.2) is 0 Å². The fraction of sp³-hybridized carbons (Fsp3) is 0.182. The molecule has 1 N–H and O–H groups in total. The van der Waals surface area contributed by atoms with Crippen LogP contribution in [0.4, 0.5) is 5.82 Å². The van der Waals surface area contributed by atoms with E-state index in [0.717, 1.165) is 36.5 Å². The number of nitrogens with one attached hydrogen (secondary N) is 1. The Morgan fingerprint density at radius 2 is 1.89 bits per heavy atom. The highest BCUT2D eigenvalue weighted by molar-refractivity contribution is 6.30. The van der Waals surface area contributed by atoms with Gasteiger partial charge >= 0.3 is 0 Å². The van der Waals surface area contributed by atoms with Crippen molar-refractivity contribution >= 4 is 23.3 Å². The third-order valence-corrected chi connectivity index (χ3v) is 5.04. The molecule has 3 aromatic rings. The Bertz CT molecular complexity index is 928. The molecule has 2 aromatic carbocycles. The van der Waals surface area contributed by atoms with Gasteiger partial charge in [-0.05, 0) is 53.9 Å². The maximum absolute atomic E-state index is 12.6. The van der Waals surface area contributed by atoms with E-state index in [2.05, 4.69) is 15.2 Å². The van der Waals surface area contributed by atoms with E-state index in [1.165, 1.54) is 0 Å². The van der Waals surface area contributed by atoms with Gasteiger partial charge in [-0.25, -0.2) is 4.98 Å². The van der Waals surface area contributed by atoms with Gasteiger partial charge in [0, 0.05) is 35.9 Å². The van der Waals surface area contributed by atoms with E-state index in [0.29, 0.717) is 10.6 Å². The van der Waals surface area contributed by atoms with Crippen LogP contribution in [0.3, 0.4) is 0 Å². The SMILES string of the molecule is O=C(NC1CCN(c2ccccn2)C1)c1ccc(-c2cccc(Cl)c2)cc1. The monoisotopic (exact) mass is 377 g/mol. The standard InChI is InChI=1S/C22H20ClN3O/c23-19-5-3-4-18(14-19)16-7-9-17(10-8-16)22(27)25-20-11-13-26(15-20)21-6-1-2-12-24-21/h1-10,12,14,20H,11,13,15H2,(H,25,27). The normalized spacial score (nSPS) is 16.3. The Morgan fingerprint density at radius 3 is 2.63 bits per heavy atom. The molecule has 1 unspecified atom stereocenters. The van der Waals surface area contributed by atoms with Gasteiger partial charge in [0.25, 0.3) is 5.91 Å². The second kappa shape index (κ2) is 7.80. The molecule has 0 bridgehead atoms. The van der Waals surface area contributed by atoms with Crippen molar-refractivity contribution in [2.75, 3.05) is 18.0 Å². The van der Waals surface area contributed by atoms with E-state index in [-0.39, 0.29) is 11.9 Å². The molecular formula is C22H20ClN3O. The van der Waals surface area contributed by atoms with Gasteiger partial charge in [0.2, 0.25) is 0 Å². The van der Waals surface area contributed by atoms with Crippen LogP contribution < -0.4 is 10.2 Å². The first-order chi connectivity index (χ1) is 13.2. The fourth-order valence-electron chi connectivity index (χ4n) is 3.38. The number of aromatic nitrogens is 1. The van der Waals surface area contributed by atoms with Crippen LogP contribution in [0.2, 0.25) is 5.02 Å². The number of carbonyl (C=O) groups is 1. The third-order valence-electron chi connectivity index (χ3n) is 4.80. The number of halogens is 1. The Balaban J connectivity index is 1.39. The lowest BCUT2D eigenvalue weighted by Gasteiger charge is -2.17. The Kier molecular flexibility index (Phi) is 5.07. The van der Waals surface area contributed by atoms with E-state index < -0.39 is 0 Å². The maximum atomic E-state index is 12.6. The van der Waals surface area contributed by atoms with E-state index in [4.69, 9.17) is 11.6 Å². The van der Waals surface area contributed by atoms with Gasteiger partial charge in [-0.1, -0.05) is 41.9 Å². The first-order valence-corrected chi connectivity index (χ1v) is 9.40. The van der Waals surface area contributed by atoms with Crippen LogP contribution in [0.15, 0.2) is 72.9 Å². The minimum Gasteiger partial charge on any atom is -0.354 e. The van der Waals surface area contributed by atoms with Crippen molar-refractivity contribution in [1.82, 2.24) is 10.3 Å². The Morgan fingerprint density at radius 1 is 1.04 bits per heavy atom. The lowest BCUT2D eigenvalue weighted by molar-refractivity contribution is 0.0940. The molecule has 1 aromatic heterocycles. The lowest BCUT2D eigenvalue weighted by Crippen LogP contribution is -2.37. The molecule has 136 valence electrons. The van der Waals surface area contributed by atoms with Gasteiger partial charge in [-0.15, -0.1) is 0 Å². The third kappa shape index (κ3) is 4.12. The topological polar surface area (TPSA) is 45.2 Å². The average molecular weight is 378 g/mol. The van der Waals surface area contributed by atoms with Crippen molar-refractivity contribution in [3.8, 4) is 11.1 Å². The molecule has 2 heterocycles. The predicted octanol–water partition coefficient (Wildman–Crippen LogP) is 4.41. The smallest absolute Gasteiger partial charge is 0.251 e. The van der Waals surface area contributed by atoms with Crippen molar-refractivity contribution in [2.45, 2.75) is 12.5 Å². The molecule has 1 fully saturated rings. The number of benzene rings is 2. The first kappa shape index (κ1) is 17.6. The molecular weight excluding hydrogens is 358 g/mol. The largest absolute Gasteiger partial charge is 0.354 e. The number of rotatable bonds is 4. The summed E-state index contributed by atoms with van der Waals surface area (Å²) in [7, 11) is 0. The molecule has 1 aliphatic rings. The van der Waals surface area contributed by atoms with Crippen molar-refractivity contribution in [1.29, 1.82) is 0 Å². The molecule has 1 saturated heterocycles. The molecule has 4 rings (SSSR count). The van der Waals surface area contributed by atoms with Crippen LogP contribution >= 0.6 is 11.6 Å². The molecule has 5 heteroatoms. The highest BCUT2D eigenvalue weighted by atomic mass is 35.5. The summed E-state index contributed by atoms with van der Waals surface area (Å²) in [5.41, 5.74) is 2.74. The molecule has 1 aliphatic heterocycles. The van der Waals surface area contributed by atoms with Crippen LogP contribution in [0.1, 0.15) is 16.8 Å². The summed E-state index contributed by atoms with van der Waals surface area (Å²) < 4.78 is 0. The number of nitrogens with zero attached hydrogens (tertiary/aromatic N) is 2. The lowest BCUT2D eigenvalue weighted by atomic mass is 10.0. The van der Waals surface area contributed by atoms with Crippen LogP contribution in [-0.2, 0) is 0 Å². The summed E-state index contributed by atoms with van der Waals surface area (Å²) in [6, 6.07) is 21.3. The minimum absolute atomic E-state index is 0.0412. The summed E-state index contributed by atoms with van der Waals surface area (Å²) in [6.45, 7) is 1.68. The fourth-order valence-corrected chi connectivity index (χ4v) is 3.57. The molecule has 0 radical (unpaired) electrons. The van der Waals surface area contributed by atoms with Gasteiger partial charge in [-0.2, -0.15) is 0 Å². The summed E-state index contributed by atoms with van der Waals surface area (Å²) in [4.78, 5) is 19.2. The highest BCUT2D eigenvalue weighted by Gasteiger charge is 2.24. The van der Waals surface area contributed by atoms with Crippen molar-refractivity contribution < 1.29 is 4.79 Å². The van der Waals surface area contributed by atoms with Gasteiger partial charge < -0.3 is 10.2 Å². The zero-order valence-corrected chi connectivity index (χ0v) is 15.6. The maximum Gasteiger partial charge on any atom is 0.251 e. The van der Waals surface area contributed by atoms with Crippen molar-refractivity contribution in [3.05, 3.63) is 83.5 Å². The Labute approximate surface area is 163 Å². The van der Waals surface area contributed by atoms with E-state index in [1.807, 2.05) is 66.7 Å². The van der Waals surface area contributed by atoms with Crippen LogP contribution in [-0.4, -0.2) is 30.0 Å². The second-order valence-corrected chi connectivity index (χ2v) is 7.12. The number of anilines is 1. The Hall–Kier alpha value is -2.85. The highest BCUT2D eigenvalue weighted by Crippen LogP contribution is 2.23. The summed E-state index contributed by atoms with van der Waals surface area (Å²) >= 11 is 6.06.